The molecule has 0 saturated carbocycles. The van der Waals surface area contributed by atoms with Gasteiger partial charge in [0.2, 0.25) is 0 Å². The van der Waals surface area contributed by atoms with Crippen molar-refractivity contribution in [3.05, 3.63) is 65.7 Å². The molecule has 0 aliphatic heterocycles. The Morgan fingerprint density at radius 2 is 1.43 bits per heavy atom. The predicted octanol–water partition coefficient (Wildman–Crippen LogP) is 8.11. The minimum absolute atomic E-state index is 0.177. The maximum atomic E-state index is 5.48. The molecule has 35 heavy (non-hydrogen) atoms. The van der Waals surface area contributed by atoms with Crippen LogP contribution in [0.15, 0.2) is 59.6 Å². The van der Waals surface area contributed by atoms with Gasteiger partial charge in [-0.2, -0.15) is 0 Å². The molecule has 0 bridgehead atoms. The van der Waals surface area contributed by atoms with E-state index in [0.29, 0.717) is 6.54 Å². The van der Waals surface area contributed by atoms with Gasteiger partial charge in [0.05, 0.1) is 0 Å². The molecule has 0 spiro atoms. The average molecular weight is 586 g/mol. The first-order chi connectivity index (χ1) is 17.0. The summed E-state index contributed by atoms with van der Waals surface area (Å²) in [6.07, 6.45) is 10.6. The van der Waals surface area contributed by atoms with Crippen LogP contribution in [0.1, 0.15) is 103 Å². The van der Waals surface area contributed by atoms with Crippen molar-refractivity contribution < 1.29 is 0 Å². The van der Waals surface area contributed by atoms with Crippen molar-refractivity contribution >= 4 is 27.9 Å². The molecule has 0 heterocycles. The zero-order valence-electron chi connectivity index (χ0n) is 23.4. The fourth-order valence-corrected chi connectivity index (χ4v) is 21.1. The van der Waals surface area contributed by atoms with E-state index < -0.39 is 18.4 Å². The molecule has 2 rings (SSSR count). The molecule has 1 unspecified atom stereocenters. The number of nitrogens with two attached hydrogens (primary N) is 2. The molecule has 2 aromatic rings. The second-order valence-electron chi connectivity index (χ2n) is 9.98. The molecule has 0 aliphatic carbocycles. The summed E-state index contributed by atoms with van der Waals surface area (Å²) >= 11 is -2.30. The van der Waals surface area contributed by atoms with Crippen LogP contribution in [-0.4, -0.2) is 24.3 Å². The quantitative estimate of drug-likeness (QED) is 0.126. The monoisotopic (exact) mass is 587 g/mol. The standard InChI is InChI=1S/C12H18.C8H10N3.2C4H9.C3H7.Sn/c1-3-8-11(4-2)12-9-6-5-7-10-12;9-8(10)11-6-7-4-2-1-3-5-7;2*1-3-4-2;1-3-2;/h5-7,9-11H,3-4,8H2,1-2H3;1-2,4-5H,6H2,(H4,9,10,11);2*1,3-4H2,2H3;1,3H2,2H3;. The molecule has 4 heteroatoms. The van der Waals surface area contributed by atoms with Crippen LogP contribution in [0.3, 0.4) is 0 Å². The van der Waals surface area contributed by atoms with Gasteiger partial charge in [0, 0.05) is 0 Å². The van der Waals surface area contributed by atoms with Crippen molar-refractivity contribution in [3.8, 4) is 0 Å². The topological polar surface area (TPSA) is 64.4 Å². The van der Waals surface area contributed by atoms with Crippen LogP contribution < -0.4 is 15.0 Å². The molecule has 0 saturated heterocycles. The number of nitrogens with zero attached hydrogens (tertiary/aromatic N) is 1. The fraction of sp³-hybridized carbons (Fsp3) is 0.581. The van der Waals surface area contributed by atoms with E-state index in [-0.39, 0.29) is 5.96 Å². The number of hydrogen-bond acceptors (Lipinski definition) is 1. The molecule has 4 N–H and O–H groups in total. The number of hydrogen-bond donors (Lipinski definition) is 2. The van der Waals surface area contributed by atoms with Gasteiger partial charge in [0.15, 0.2) is 0 Å². The molecule has 2 aromatic carbocycles. The van der Waals surface area contributed by atoms with Gasteiger partial charge in [-0.25, -0.2) is 0 Å². The Bertz CT molecular complexity index is 807. The van der Waals surface area contributed by atoms with Crippen LogP contribution >= 0.6 is 0 Å². The van der Waals surface area contributed by atoms with E-state index in [1.165, 1.54) is 75.8 Å². The van der Waals surface area contributed by atoms with Gasteiger partial charge >= 0.3 is 147 Å². The molecule has 0 amide bonds. The van der Waals surface area contributed by atoms with Crippen LogP contribution in [-0.2, 0) is 6.54 Å². The summed E-state index contributed by atoms with van der Waals surface area (Å²) in [5, 5.41) is 0. The zero-order valence-corrected chi connectivity index (χ0v) is 26.2. The maximum absolute atomic E-state index is 5.48. The van der Waals surface area contributed by atoms with E-state index in [1.54, 1.807) is 3.58 Å². The number of aliphatic imine (C=N–C) groups is 1. The van der Waals surface area contributed by atoms with Crippen LogP contribution in [0.2, 0.25) is 13.3 Å². The van der Waals surface area contributed by atoms with Crippen LogP contribution in [0, 0.1) is 0 Å². The first-order valence-electron chi connectivity index (χ1n) is 14.2. The molecule has 3 nitrogen and oxygen atoms in total. The zero-order chi connectivity index (χ0) is 25.9. The summed E-state index contributed by atoms with van der Waals surface area (Å²) in [5.74, 6) is 0.951. The molecule has 196 valence electrons. The number of unbranched alkanes of at least 4 members (excludes halogenated alkanes) is 2. The molecular formula is C31H53N3Sn. The van der Waals surface area contributed by atoms with Gasteiger partial charge in [0.1, 0.15) is 0 Å². The van der Waals surface area contributed by atoms with E-state index in [9.17, 15) is 0 Å². The number of benzene rings is 2. The third kappa shape index (κ3) is 11.9. The molecule has 0 radical (unpaired) electrons. The van der Waals surface area contributed by atoms with Crippen molar-refractivity contribution in [1.82, 2.24) is 0 Å². The summed E-state index contributed by atoms with van der Waals surface area (Å²) in [6, 6.07) is 20.0. The van der Waals surface area contributed by atoms with Crippen LogP contribution in [0.25, 0.3) is 0 Å². The van der Waals surface area contributed by atoms with Crippen molar-refractivity contribution in [2.24, 2.45) is 16.5 Å². The Balaban J connectivity index is 0.000000427. The van der Waals surface area contributed by atoms with Gasteiger partial charge < -0.3 is 0 Å². The van der Waals surface area contributed by atoms with Gasteiger partial charge in [0.25, 0.3) is 0 Å². The molecule has 0 aromatic heterocycles. The van der Waals surface area contributed by atoms with Gasteiger partial charge in [-0.3, -0.25) is 0 Å². The summed E-state index contributed by atoms with van der Waals surface area (Å²) in [6.45, 7) is 12.1. The number of guanidine groups is 1. The van der Waals surface area contributed by atoms with Crippen molar-refractivity contribution in [2.75, 3.05) is 0 Å². The molecule has 0 aliphatic rings. The molecular weight excluding hydrogens is 533 g/mol. The molecule has 1 atom stereocenters. The van der Waals surface area contributed by atoms with E-state index >= 15 is 0 Å². The normalized spacial score (nSPS) is 11.9. The van der Waals surface area contributed by atoms with Crippen LogP contribution in [0.5, 0.6) is 0 Å². The summed E-state index contributed by atoms with van der Waals surface area (Å²) in [5.41, 5.74) is 13.7. The van der Waals surface area contributed by atoms with E-state index in [0.717, 1.165) is 5.92 Å². The Hall–Kier alpha value is -1.49. The van der Waals surface area contributed by atoms with Crippen molar-refractivity contribution in [1.29, 1.82) is 0 Å². The van der Waals surface area contributed by atoms with Gasteiger partial charge in [-0.05, 0) is 24.3 Å². The van der Waals surface area contributed by atoms with Crippen molar-refractivity contribution in [3.63, 3.8) is 0 Å². The SMILES string of the molecule is CCCC(CC)c1ccccc1.CCC[CH2][Sn]([CH2]CC)([CH2]CCC)[c]1cccc(CN=C(N)N)c1. The summed E-state index contributed by atoms with van der Waals surface area (Å²) in [4.78, 5) is 4.18. The van der Waals surface area contributed by atoms with Gasteiger partial charge in [-0.15, -0.1) is 0 Å². The fourth-order valence-electron chi connectivity index (χ4n) is 5.18. The van der Waals surface area contributed by atoms with E-state index in [4.69, 9.17) is 11.5 Å². The van der Waals surface area contributed by atoms with E-state index in [1.807, 2.05) is 0 Å². The van der Waals surface area contributed by atoms with Crippen molar-refractivity contribution in [2.45, 2.75) is 112 Å². The Morgan fingerprint density at radius 3 is 1.94 bits per heavy atom. The summed E-state index contributed by atoms with van der Waals surface area (Å²) < 4.78 is 6.14. The Morgan fingerprint density at radius 1 is 0.771 bits per heavy atom. The molecule has 0 fully saturated rings. The Kier molecular flexibility index (Phi) is 16.9. The second-order valence-corrected chi connectivity index (χ2v) is 23.2. The van der Waals surface area contributed by atoms with Crippen LogP contribution in [0.4, 0.5) is 0 Å². The Labute approximate surface area is 221 Å². The minimum atomic E-state index is -2.30. The second kappa shape index (κ2) is 18.7. The average Bonchev–Trinajstić information content (AvgIpc) is 2.89. The predicted molar refractivity (Wildman–Crippen MR) is 160 cm³/mol. The third-order valence-electron chi connectivity index (χ3n) is 7.13. The van der Waals surface area contributed by atoms with Gasteiger partial charge in [-0.1, -0.05) is 50.6 Å². The van der Waals surface area contributed by atoms with E-state index in [2.05, 4.69) is 94.2 Å². The number of rotatable bonds is 15. The summed E-state index contributed by atoms with van der Waals surface area (Å²) in [7, 11) is 0. The first-order valence-corrected chi connectivity index (χ1v) is 21.6. The third-order valence-corrected chi connectivity index (χ3v) is 23.2. The first kappa shape index (κ1) is 31.5.